The van der Waals surface area contributed by atoms with Gasteiger partial charge in [0.25, 0.3) is 0 Å². The third-order valence-electron chi connectivity index (χ3n) is 3.67. The Hall–Kier alpha value is -1.39. The van der Waals surface area contributed by atoms with E-state index in [4.69, 9.17) is 5.73 Å². The molecular weight excluding hydrogens is 202 g/mol. The molecular formula is C12H15N3O. The van der Waals surface area contributed by atoms with Crippen molar-refractivity contribution in [3.63, 3.8) is 0 Å². The molecule has 0 unspecified atom stereocenters. The zero-order valence-electron chi connectivity index (χ0n) is 8.98. The summed E-state index contributed by atoms with van der Waals surface area (Å²) in [6.07, 6.45) is 5.06. The minimum atomic E-state index is -0.204. The van der Waals surface area contributed by atoms with Gasteiger partial charge in [0, 0.05) is 29.7 Å². The summed E-state index contributed by atoms with van der Waals surface area (Å²) in [6.45, 7) is 0.575. The smallest absolute Gasteiger partial charge is 0.137 e. The number of aromatic nitrogens is 2. The zero-order chi connectivity index (χ0) is 11.2. The Bertz CT molecular complexity index is 514. The monoisotopic (exact) mass is 217 g/mol. The summed E-state index contributed by atoms with van der Waals surface area (Å²) >= 11 is 0. The Balaban J connectivity index is 2.12. The first-order valence-electron chi connectivity index (χ1n) is 5.56. The maximum Gasteiger partial charge on any atom is 0.137 e. The van der Waals surface area contributed by atoms with E-state index >= 15 is 0 Å². The van der Waals surface area contributed by atoms with Gasteiger partial charge in [0.1, 0.15) is 5.65 Å². The van der Waals surface area contributed by atoms with E-state index in [0.717, 1.165) is 23.9 Å². The molecule has 0 aromatic carbocycles. The molecule has 4 heteroatoms. The number of hydrogen-bond donors (Lipinski definition) is 3. The first-order valence-corrected chi connectivity index (χ1v) is 5.56. The molecule has 0 bridgehead atoms. The van der Waals surface area contributed by atoms with Gasteiger partial charge in [0.2, 0.25) is 0 Å². The fraction of sp³-hybridized carbons (Fsp3) is 0.417. The van der Waals surface area contributed by atoms with Crippen molar-refractivity contribution in [3.05, 3.63) is 30.1 Å². The molecule has 1 aliphatic rings. The summed E-state index contributed by atoms with van der Waals surface area (Å²) in [6, 6.07) is 3.98. The first-order chi connectivity index (χ1) is 7.75. The molecule has 84 valence electrons. The van der Waals surface area contributed by atoms with Gasteiger partial charge in [-0.05, 0) is 30.5 Å². The van der Waals surface area contributed by atoms with Gasteiger partial charge in [-0.2, -0.15) is 0 Å². The normalized spacial score (nSPS) is 29.2. The van der Waals surface area contributed by atoms with Crippen molar-refractivity contribution in [3.8, 4) is 0 Å². The van der Waals surface area contributed by atoms with Gasteiger partial charge in [-0.1, -0.05) is 0 Å². The molecule has 4 N–H and O–H groups in total. The standard InChI is InChI=1S/C12H15N3O/c13-7-12(4-8(16)5-12)10-6-15-11-9(10)2-1-3-14-11/h1-3,6,8,16H,4-5,7,13H2,(H,14,15). The average molecular weight is 217 g/mol. The quantitative estimate of drug-likeness (QED) is 0.700. The maximum absolute atomic E-state index is 9.50. The number of H-pyrrole nitrogens is 1. The number of nitrogens with one attached hydrogen (secondary N) is 1. The lowest BCUT2D eigenvalue weighted by molar-refractivity contribution is 0.0229. The number of fused-ring (bicyclic) bond motifs is 1. The summed E-state index contributed by atoms with van der Waals surface area (Å²) in [7, 11) is 0. The molecule has 4 nitrogen and oxygen atoms in total. The number of rotatable bonds is 2. The number of pyridine rings is 1. The first kappa shape index (κ1) is 9.81. The van der Waals surface area contributed by atoms with Crippen molar-refractivity contribution in [2.45, 2.75) is 24.4 Å². The Kier molecular flexibility index (Phi) is 2.02. The molecule has 3 rings (SSSR count). The lowest BCUT2D eigenvalue weighted by Crippen LogP contribution is -2.49. The predicted octanol–water partition coefficient (Wildman–Crippen LogP) is 0.914. The molecule has 0 saturated heterocycles. The van der Waals surface area contributed by atoms with Crippen LogP contribution in [0, 0.1) is 0 Å². The van der Waals surface area contributed by atoms with Crippen molar-refractivity contribution in [2.75, 3.05) is 6.54 Å². The fourth-order valence-electron chi connectivity index (χ4n) is 2.73. The topological polar surface area (TPSA) is 74.9 Å². The molecule has 1 aliphatic carbocycles. The lowest BCUT2D eigenvalue weighted by atomic mass is 9.63. The maximum atomic E-state index is 9.50. The molecule has 0 radical (unpaired) electrons. The van der Waals surface area contributed by atoms with Crippen LogP contribution in [0.3, 0.4) is 0 Å². The average Bonchev–Trinajstić information content (AvgIpc) is 2.68. The Morgan fingerprint density at radius 3 is 3.06 bits per heavy atom. The highest BCUT2D eigenvalue weighted by Crippen LogP contribution is 2.45. The number of nitrogens with zero attached hydrogens (tertiary/aromatic N) is 1. The van der Waals surface area contributed by atoms with E-state index in [-0.39, 0.29) is 11.5 Å². The molecule has 2 aromatic heterocycles. The minimum Gasteiger partial charge on any atom is -0.393 e. The van der Waals surface area contributed by atoms with Gasteiger partial charge in [0.05, 0.1) is 6.10 Å². The van der Waals surface area contributed by atoms with Crippen LogP contribution in [-0.2, 0) is 5.41 Å². The second-order valence-electron chi connectivity index (χ2n) is 4.65. The van der Waals surface area contributed by atoms with E-state index in [2.05, 4.69) is 16.0 Å². The van der Waals surface area contributed by atoms with E-state index in [1.807, 2.05) is 12.3 Å². The molecule has 2 aromatic rings. The molecule has 0 spiro atoms. The third-order valence-corrected chi connectivity index (χ3v) is 3.67. The van der Waals surface area contributed by atoms with Gasteiger partial charge in [-0.3, -0.25) is 0 Å². The van der Waals surface area contributed by atoms with Crippen molar-refractivity contribution in [1.29, 1.82) is 0 Å². The van der Waals surface area contributed by atoms with Gasteiger partial charge in [-0.15, -0.1) is 0 Å². The molecule has 0 aliphatic heterocycles. The van der Waals surface area contributed by atoms with E-state index in [0.29, 0.717) is 6.54 Å². The van der Waals surface area contributed by atoms with Gasteiger partial charge >= 0.3 is 0 Å². The van der Waals surface area contributed by atoms with Crippen molar-refractivity contribution >= 4 is 11.0 Å². The number of aromatic amines is 1. The van der Waals surface area contributed by atoms with Gasteiger partial charge in [0.15, 0.2) is 0 Å². The Labute approximate surface area is 93.5 Å². The number of hydrogen-bond acceptors (Lipinski definition) is 3. The number of nitrogens with two attached hydrogens (primary N) is 1. The van der Waals surface area contributed by atoms with Gasteiger partial charge in [-0.25, -0.2) is 4.98 Å². The van der Waals surface area contributed by atoms with Crippen LogP contribution >= 0.6 is 0 Å². The summed E-state index contributed by atoms with van der Waals surface area (Å²) in [5, 5.41) is 10.6. The van der Waals surface area contributed by atoms with Crippen LogP contribution in [0.15, 0.2) is 24.5 Å². The SMILES string of the molecule is NCC1(c2c[nH]c3ncccc23)CC(O)C1. The third kappa shape index (κ3) is 1.20. The highest BCUT2D eigenvalue weighted by atomic mass is 16.3. The largest absolute Gasteiger partial charge is 0.393 e. The van der Waals surface area contributed by atoms with Crippen LogP contribution in [0.1, 0.15) is 18.4 Å². The number of aliphatic hydroxyl groups is 1. The van der Waals surface area contributed by atoms with Crippen molar-refractivity contribution in [1.82, 2.24) is 9.97 Å². The molecule has 0 atom stereocenters. The molecule has 0 amide bonds. The lowest BCUT2D eigenvalue weighted by Gasteiger charge is -2.44. The molecule has 16 heavy (non-hydrogen) atoms. The summed E-state index contributed by atoms with van der Waals surface area (Å²) in [5.41, 5.74) is 7.91. The van der Waals surface area contributed by atoms with Crippen molar-refractivity contribution < 1.29 is 5.11 Å². The fourth-order valence-corrected chi connectivity index (χ4v) is 2.73. The van der Waals surface area contributed by atoms with Crippen LogP contribution in [0.25, 0.3) is 11.0 Å². The predicted molar refractivity (Wildman–Crippen MR) is 62.1 cm³/mol. The summed E-state index contributed by atoms with van der Waals surface area (Å²) in [5.74, 6) is 0. The molecule has 2 heterocycles. The van der Waals surface area contributed by atoms with Crippen LogP contribution in [0.2, 0.25) is 0 Å². The van der Waals surface area contributed by atoms with Crippen LogP contribution < -0.4 is 5.73 Å². The zero-order valence-corrected chi connectivity index (χ0v) is 8.98. The Morgan fingerprint density at radius 2 is 2.38 bits per heavy atom. The molecule has 1 saturated carbocycles. The van der Waals surface area contributed by atoms with E-state index < -0.39 is 0 Å². The summed E-state index contributed by atoms with van der Waals surface area (Å²) < 4.78 is 0. The summed E-state index contributed by atoms with van der Waals surface area (Å²) in [4.78, 5) is 7.43. The van der Waals surface area contributed by atoms with E-state index in [1.165, 1.54) is 5.56 Å². The second-order valence-corrected chi connectivity index (χ2v) is 4.65. The minimum absolute atomic E-state index is 0.0549. The van der Waals surface area contributed by atoms with E-state index in [9.17, 15) is 5.11 Å². The van der Waals surface area contributed by atoms with E-state index in [1.54, 1.807) is 6.20 Å². The number of aliphatic hydroxyl groups excluding tert-OH is 1. The van der Waals surface area contributed by atoms with Gasteiger partial charge < -0.3 is 15.8 Å². The molecule has 1 fully saturated rings. The second kappa shape index (κ2) is 3.30. The van der Waals surface area contributed by atoms with Crippen LogP contribution in [0.4, 0.5) is 0 Å². The highest BCUT2D eigenvalue weighted by molar-refractivity contribution is 5.81. The van der Waals surface area contributed by atoms with Crippen LogP contribution in [-0.4, -0.2) is 27.7 Å². The van der Waals surface area contributed by atoms with Crippen molar-refractivity contribution in [2.24, 2.45) is 5.73 Å². The Morgan fingerprint density at radius 1 is 1.56 bits per heavy atom. The highest BCUT2D eigenvalue weighted by Gasteiger charge is 2.45. The van der Waals surface area contributed by atoms with Crippen LogP contribution in [0.5, 0.6) is 0 Å².